The van der Waals surface area contributed by atoms with Crippen molar-refractivity contribution < 1.29 is 0 Å². The topological polar surface area (TPSA) is 103 Å². The Morgan fingerprint density at radius 1 is 1.50 bits per heavy atom. The highest BCUT2D eigenvalue weighted by atomic mass is 35.5. The highest BCUT2D eigenvalue weighted by Crippen LogP contribution is 2.22. The van der Waals surface area contributed by atoms with E-state index in [9.17, 15) is 0 Å². The summed E-state index contributed by atoms with van der Waals surface area (Å²) in [6.45, 7) is 0. The number of hydrogen-bond acceptors (Lipinski definition) is 6. The van der Waals surface area contributed by atoms with Crippen molar-refractivity contribution in [3.05, 3.63) is 34.3 Å². The minimum atomic E-state index is 0.216. The van der Waals surface area contributed by atoms with Gasteiger partial charge in [-0.15, -0.1) is 5.10 Å². The number of allylic oxidation sites excluding steroid dienone is 1. The first-order chi connectivity index (χ1) is 8.70. The number of nitrogens with zero attached hydrogens (tertiary/aromatic N) is 5. The van der Waals surface area contributed by atoms with Crippen LogP contribution in [0.5, 0.6) is 0 Å². The summed E-state index contributed by atoms with van der Waals surface area (Å²) in [5.74, 6) is 0.622. The molecule has 0 radical (unpaired) electrons. The lowest BCUT2D eigenvalue weighted by Gasteiger charge is -2.02. The summed E-state index contributed by atoms with van der Waals surface area (Å²) in [6, 6.07) is 3.47. The monoisotopic (exact) mass is 281 g/mol. The number of aromatic nitrogens is 5. The third-order valence-electron chi connectivity index (χ3n) is 1.88. The van der Waals surface area contributed by atoms with E-state index in [1.165, 1.54) is 18.5 Å². The summed E-state index contributed by atoms with van der Waals surface area (Å²) in [7, 11) is 0. The van der Waals surface area contributed by atoms with Gasteiger partial charge in [0.1, 0.15) is 17.5 Å². The second kappa shape index (κ2) is 5.44. The van der Waals surface area contributed by atoms with Crippen LogP contribution in [0.1, 0.15) is 5.82 Å². The number of nitrogens with one attached hydrogen (secondary N) is 2. The van der Waals surface area contributed by atoms with Crippen LogP contribution in [0.25, 0.3) is 5.57 Å². The maximum absolute atomic E-state index is 8.94. The molecule has 2 N–H and O–H groups in total. The summed E-state index contributed by atoms with van der Waals surface area (Å²) in [6.07, 6.45) is 2.83. The van der Waals surface area contributed by atoms with Gasteiger partial charge in [0.05, 0.1) is 10.0 Å². The van der Waals surface area contributed by atoms with E-state index in [1.807, 2.05) is 6.07 Å². The van der Waals surface area contributed by atoms with Gasteiger partial charge in [0.25, 0.3) is 0 Å². The van der Waals surface area contributed by atoms with E-state index in [2.05, 4.69) is 30.9 Å². The molecule has 2 rings (SSSR count). The number of aromatic amines is 1. The fraction of sp³-hybridized carbons (Fsp3) is 0. The summed E-state index contributed by atoms with van der Waals surface area (Å²) < 4.78 is 0. The smallest absolute Gasteiger partial charge is 0.191 e. The maximum atomic E-state index is 8.94. The second-order valence-corrected chi connectivity index (χ2v) is 3.89. The van der Waals surface area contributed by atoms with Crippen molar-refractivity contribution in [2.75, 3.05) is 5.32 Å². The second-order valence-electron chi connectivity index (χ2n) is 3.05. The molecule has 0 saturated carbocycles. The lowest BCUT2D eigenvalue weighted by atomic mass is 10.3. The van der Waals surface area contributed by atoms with Crippen molar-refractivity contribution in [3.63, 3.8) is 0 Å². The quantitative estimate of drug-likeness (QED) is 0.833. The Kier molecular flexibility index (Phi) is 3.72. The lowest BCUT2D eigenvalue weighted by Crippen LogP contribution is -1.95. The predicted octanol–water partition coefficient (Wildman–Crippen LogP) is 1.88. The predicted molar refractivity (Wildman–Crippen MR) is 65.6 cm³/mol. The average Bonchev–Trinajstić information content (AvgIpc) is 2.86. The van der Waals surface area contributed by atoms with Crippen LogP contribution < -0.4 is 5.32 Å². The van der Waals surface area contributed by atoms with E-state index < -0.39 is 0 Å². The zero-order chi connectivity index (χ0) is 13.0. The van der Waals surface area contributed by atoms with E-state index >= 15 is 0 Å². The van der Waals surface area contributed by atoms with E-state index in [4.69, 9.17) is 28.5 Å². The fourth-order valence-corrected chi connectivity index (χ4v) is 1.52. The molecular weight excluding hydrogens is 277 g/mol. The standard InChI is InChI=1S/C9H5Cl2N7/c10-6-1-7(11)9(14-4-6)13-3-5(2-12)8-15-17-18-16-8/h1,3-4H,(H,13,14)(H,15,16,17,18). The maximum Gasteiger partial charge on any atom is 0.191 e. The number of rotatable bonds is 3. The molecule has 0 amide bonds. The largest absolute Gasteiger partial charge is 0.344 e. The Morgan fingerprint density at radius 2 is 2.33 bits per heavy atom. The summed E-state index contributed by atoms with van der Waals surface area (Å²) in [5, 5.41) is 25.3. The minimum absolute atomic E-state index is 0.216. The Bertz CT molecular complexity index is 614. The molecule has 0 aliphatic rings. The van der Waals surface area contributed by atoms with E-state index in [0.29, 0.717) is 15.9 Å². The SMILES string of the molecule is N#CC(=CNc1ncc(Cl)cc1Cl)c1nnn[nH]1. The number of hydrogen-bond donors (Lipinski definition) is 2. The molecule has 0 atom stereocenters. The van der Waals surface area contributed by atoms with Crippen LogP contribution in [0.2, 0.25) is 10.0 Å². The van der Waals surface area contributed by atoms with Gasteiger partial charge in [-0.3, -0.25) is 0 Å². The summed E-state index contributed by atoms with van der Waals surface area (Å²) >= 11 is 11.6. The van der Waals surface area contributed by atoms with Crippen molar-refractivity contribution in [2.24, 2.45) is 0 Å². The van der Waals surface area contributed by atoms with E-state index in [1.54, 1.807) is 0 Å². The van der Waals surface area contributed by atoms with Gasteiger partial charge < -0.3 is 5.32 Å². The number of anilines is 1. The molecule has 0 aromatic carbocycles. The third-order valence-corrected chi connectivity index (χ3v) is 2.38. The molecular formula is C9H5Cl2N7. The number of tetrazole rings is 1. The van der Waals surface area contributed by atoms with Crippen LogP contribution in [-0.4, -0.2) is 25.6 Å². The van der Waals surface area contributed by atoms with Crippen molar-refractivity contribution in [1.29, 1.82) is 5.26 Å². The van der Waals surface area contributed by atoms with Gasteiger partial charge in [0.15, 0.2) is 5.82 Å². The van der Waals surface area contributed by atoms with Gasteiger partial charge in [-0.2, -0.15) is 5.26 Å². The van der Waals surface area contributed by atoms with Gasteiger partial charge in [-0.1, -0.05) is 23.2 Å². The average molecular weight is 282 g/mol. The zero-order valence-electron chi connectivity index (χ0n) is 8.72. The molecule has 0 bridgehead atoms. The normalized spacial score (nSPS) is 11.1. The van der Waals surface area contributed by atoms with Crippen molar-refractivity contribution in [3.8, 4) is 6.07 Å². The van der Waals surface area contributed by atoms with Crippen LogP contribution in [0, 0.1) is 11.3 Å². The Labute approximate surface area is 111 Å². The van der Waals surface area contributed by atoms with Gasteiger partial charge in [0.2, 0.25) is 0 Å². The number of pyridine rings is 1. The summed E-state index contributed by atoms with van der Waals surface area (Å²) in [4.78, 5) is 3.97. The molecule has 2 heterocycles. The molecule has 0 spiro atoms. The molecule has 18 heavy (non-hydrogen) atoms. The Morgan fingerprint density at radius 3 is 2.94 bits per heavy atom. The molecule has 2 aromatic heterocycles. The first kappa shape index (κ1) is 12.3. The van der Waals surface area contributed by atoms with E-state index in [0.717, 1.165) is 0 Å². The molecule has 2 aromatic rings. The number of halogens is 2. The van der Waals surface area contributed by atoms with Crippen LogP contribution in [-0.2, 0) is 0 Å². The molecule has 0 unspecified atom stereocenters. The Hall–Kier alpha value is -2.17. The number of nitriles is 1. The number of H-pyrrole nitrogens is 1. The van der Waals surface area contributed by atoms with Crippen molar-refractivity contribution in [1.82, 2.24) is 25.6 Å². The highest BCUT2D eigenvalue weighted by molar-refractivity contribution is 6.36. The first-order valence-corrected chi connectivity index (χ1v) is 5.38. The Balaban J connectivity index is 2.22. The first-order valence-electron chi connectivity index (χ1n) is 4.62. The zero-order valence-corrected chi connectivity index (χ0v) is 10.2. The molecule has 0 saturated heterocycles. The van der Waals surface area contributed by atoms with Gasteiger partial charge in [-0.25, -0.2) is 10.1 Å². The lowest BCUT2D eigenvalue weighted by molar-refractivity contribution is 0.881. The van der Waals surface area contributed by atoms with Gasteiger partial charge >= 0.3 is 0 Å². The molecule has 9 heteroatoms. The molecule has 7 nitrogen and oxygen atoms in total. The van der Waals surface area contributed by atoms with E-state index in [-0.39, 0.29) is 11.4 Å². The molecule has 0 fully saturated rings. The molecule has 0 aliphatic carbocycles. The van der Waals surface area contributed by atoms with Crippen LogP contribution in [0.4, 0.5) is 5.82 Å². The molecule has 90 valence electrons. The van der Waals surface area contributed by atoms with Gasteiger partial charge in [-0.05, 0) is 16.5 Å². The fourth-order valence-electron chi connectivity index (χ4n) is 1.09. The summed E-state index contributed by atoms with van der Waals surface area (Å²) in [5.41, 5.74) is 0.216. The minimum Gasteiger partial charge on any atom is -0.344 e. The van der Waals surface area contributed by atoms with Crippen LogP contribution in [0.15, 0.2) is 18.5 Å². The van der Waals surface area contributed by atoms with Crippen molar-refractivity contribution in [2.45, 2.75) is 0 Å². The van der Waals surface area contributed by atoms with Crippen LogP contribution in [0.3, 0.4) is 0 Å². The third kappa shape index (κ3) is 2.74. The van der Waals surface area contributed by atoms with Gasteiger partial charge in [0, 0.05) is 12.4 Å². The van der Waals surface area contributed by atoms with Crippen LogP contribution >= 0.6 is 23.2 Å². The highest BCUT2D eigenvalue weighted by Gasteiger charge is 2.06. The molecule has 0 aliphatic heterocycles. The van der Waals surface area contributed by atoms with Crippen molar-refractivity contribution >= 4 is 34.6 Å².